The third-order valence-electron chi connectivity index (χ3n) is 6.04. The molecule has 2 heterocycles. The Bertz CT molecular complexity index is 669. The Kier molecular flexibility index (Phi) is 8.11. The van der Waals surface area contributed by atoms with Gasteiger partial charge in [0.25, 0.3) is 0 Å². The minimum Gasteiger partial charge on any atom is -0.379 e. The Labute approximate surface area is 181 Å². The fraction of sp³-hybridized carbons (Fsp3) is 0.864. The summed E-state index contributed by atoms with van der Waals surface area (Å²) >= 11 is 0. The highest BCUT2D eigenvalue weighted by Gasteiger charge is 2.34. The molecule has 170 valence electrons. The van der Waals surface area contributed by atoms with Crippen molar-refractivity contribution in [1.29, 1.82) is 0 Å². The molecule has 1 aliphatic carbocycles. The highest BCUT2D eigenvalue weighted by atomic mass is 16.5. The van der Waals surface area contributed by atoms with Gasteiger partial charge in [0.2, 0.25) is 5.89 Å². The van der Waals surface area contributed by atoms with E-state index >= 15 is 0 Å². The van der Waals surface area contributed by atoms with Gasteiger partial charge in [0, 0.05) is 43.6 Å². The predicted molar refractivity (Wildman–Crippen MR) is 119 cm³/mol. The summed E-state index contributed by atoms with van der Waals surface area (Å²) in [5, 5.41) is 11.1. The molecular weight excluding hydrogens is 380 g/mol. The van der Waals surface area contributed by atoms with E-state index in [0.717, 1.165) is 51.9 Å². The average Bonchev–Trinajstić information content (AvgIpc) is 3.21. The molecule has 8 heteroatoms. The standard InChI is InChI=1S/C22H40N6O2/c1-5-23-20(24-15-18-26-19(30-27-18)21(2,3)4)25-16-22(9-7-6-8-10-22)17-28-11-13-29-14-12-28/h5-17H2,1-4H3,(H2,23,24,25). The van der Waals surface area contributed by atoms with Gasteiger partial charge in [-0.3, -0.25) is 4.90 Å². The quantitative estimate of drug-likeness (QED) is 0.518. The van der Waals surface area contributed by atoms with Crippen molar-refractivity contribution in [3.8, 4) is 0 Å². The molecule has 0 spiro atoms. The number of guanidine groups is 1. The van der Waals surface area contributed by atoms with Crippen molar-refractivity contribution in [2.75, 3.05) is 45.9 Å². The van der Waals surface area contributed by atoms with Gasteiger partial charge in [0.05, 0.1) is 13.2 Å². The van der Waals surface area contributed by atoms with E-state index in [9.17, 15) is 0 Å². The van der Waals surface area contributed by atoms with E-state index in [0.29, 0.717) is 23.7 Å². The zero-order valence-corrected chi connectivity index (χ0v) is 19.3. The predicted octanol–water partition coefficient (Wildman–Crippen LogP) is 2.70. The first-order valence-corrected chi connectivity index (χ1v) is 11.6. The van der Waals surface area contributed by atoms with Crippen LogP contribution in [0.3, 0.4) is 0 Å². The third kappa shape index (κ3) is 6.67. The highest BCUT2D eigenvalue weighted by Crippen LogP contribution is 2.36. The molecule has 0 unspecified atom stereocenters. The van der Waals surface area contributed by atoms with Crippen LogP contribution in [0.15, 0.2) is 9.52 Å². The Hall–Kier alpha value is -1.67. The van der Waals surface area contributed by atoms with Gasteiger partial charge >= 0.3 is 0 Å². The summed E-state index contributed by atoms with van der Waals surface area (Å²) in [6.45, 7) is 15.4. The Morgan fingerprint density at radius 2 is 1.87 bits per heavy atom. The molecule has 3 rings (SSSR count). The van der Waals surface area contributed by atoms with Crippen LogP contribution >= 0.6 is 0 Å². The van der Waals surface area contributed by atoms with Gasteiger partial charge in [-0.1, -0.05) is 45.2 Å². The van der Waals surface area contributed by atoms with Gasteiger partial charge in [0.1, 0.15) is 6.54 Å². The molecule has 0 radical (unpaired) electrons. The zero-order valence-electron chi connectivity index (χ0n) is 19.3. The zero-order chi connectivity index (χ0) is 21.5. The maximum absolute atomic E-state index is 5.54. The van der Waals surface area contributed by atoms with E-state index in [1.807, 2.05) is 0 Å². The lowest BCUT2D eigenvalue weighted by atomic mass is 9.73. The second-order valence-corrected chi connectivity index (χ2v) is 9.76. The molecule has 2 N–H and O–H groups in total. The minimum atomic E-state index is -0.148. The van der Waals surface area contributed by atoms with E-state index in [1.54, 1.807) is 0 Å². The van der Waals surface area contributed by atoms with Crippen LogP contribution in [0.5, 0.6) is 0 Å². The van der Waals surface area contributed by atoms with Gasteiger partial charge in [-0.15, -0.1) is 0 Å². The number of morpholine rings is 1. The molecule has 2 aliphatic rings. The molecular formula is C22H40N6O2. The Balaban J connectivity index is 1.61. The molecule has 0 bridgehead atoms. The third-order valence-corrected chi connectivity index (χ3v) is 6.04. The highest BCUT2D eigenvalue weighted by molar-refractivity contribution is 5.79. The maximum Gasteiger partial charge on any atom is 0.232 e. The summed E-state index contributed by atoms with van der Waals surface area (Å²) < 4.78 is 10.9. The van der Waals surface area contributed by atoms with Gasteiger partial charge in [-0.2, -0.15) is 4.98 Å². The number of nitrogens with zero attached hydrogens (tertiary/aromatic N) is 4. The first-order valence-electron chi connectivity index (χ1n) is 11.6. The molecule has 1 aromatic heterocycles. The van der Waals surface area contributed by atoms with Crippen LogP contribution in [0.25, 0.3) is 0 Å². The normalized spacial score (nSPS) is 20.9. The number of hydrogen-bond acceptors (Lipinski definition) is 6. The first-order chi connectivity index (χ1) is 14.4. The molecule has 2 fully saturated rings. The van der Waals surface area contributed by atoms with Crippen LogP contribution in [0.2, 0.25) is 0 Å². The van der Waals surface area contributed by atoms with Gasteiger partial charge in [-0.05, 0) is 19.8 Å². The number of aromatic nitrogens is 2. The largest absolute Gasteiger partial charge is 0.379 e. The Morgan fingerprint density at radius 3 is 2.50 bits per heavy atom. The summed E-state index contributed by atoms with van der Waals surface area (Å²) in [6.07, 6.45) is 6.54. The van der Waals surface area contributed by atoms with E-state index in [4.69, 9.17) is 14.3 Å². The molecule has 1 saturated carbocycles. The monoisotopic (exact) mass is 420 g/mol. The molecule has 0 amide bonds. The summed E-state index contributed by atoms with van der Waals surface area (Å²) in [5.41, 5.74) is 0.155. The van der Waals surface area contributed by atoms with E-state index in [-0.39, 0.29) is 5.41 Å². The SMILES string of the molecule is CCNC(=NCc1noc(C(C)(C)C)n1)NCC1(CN2CCOCC2)CCCCC1. The van der Waals surface area contributed by atoms with Crippen molar-refractivity contribution in [3.63, 3.8) is 0 Å². The van der Waals surface area contributed by atoms with Crippen molar-refractivity contribution in [2.45, 2.75) is 71.8 Å². The average molecular weight is 421 g/mol. The van der Waals surface area contributed by atoms with Crippen molar-refractivity contribution in [3.05, 3.63) is 11.7 Å². The fourth-order valence-corrected chi connectivity index (χ4v) is 4.31. The molecule has 0 aromatic carbocycles. The molecule has 1 aliphatic heterocycles. The summed E-state index contributed by atoms with van der Waals surface area (Å²) in [6, 6.07) is 0. The fourth-order valence-electron chi connectivity index (χ4n) is 4.31. The molecule has 8 nitrogen and oxygen atoms in total. The van der Waals surface area contributed by atoms with Crippen LogP contribution in [0.1, 0.15) is 71.5 Å². The maximum atomic E-state index is 5.54. The van der Waals surface area contributed by atoms with E-state index < -0.39 is 0 Å². The van der Waals surface area contributed by atoms with Gasteiger partial charge < -0.3 is 19.9 Å². The molecule has 0 atom stereocenters. The lowest BCUT2D eigenvalue weighted by Crippen LogP contribution is -2.51. The van der Waals surface area contributed by atoms with Gasteiger partial charge in [-0.25, -0.2) is 4.99 Å². The number of nitrogens with one attached hydrogen (secondary N) is 2. The van der Waals surface area contributed by atoms with Crippen molar-refractivity contribution >= 4 is 5.96 Å². The summed E-state index contributed by atoms with van der Waals surface area (Å²) in [7, 11) is 0. The number of ether oxygens (including phenoxy) is 1. The van der Waals surface area contributed by atoms with Crippen molar-refractivity contribution < 1.29 is 9.26 Å². The number of rotatable bonds is 7. The van der Waals surface area contributed by atoms with Crippen molar-refractivity contribution in [2.24, 2.45) is 10.4 Å². The minimum absolute atomic E-state index is 0.148. The second-order valence-electron chi connectivity index (χ2n) is 9.76. The van der Waals surface area contributed by atoms with E-state index in [1.165, 1.54) is 32.1 Å². The van der Waals surface area contributed by atoms with Crippen LogP contribution < -0.4 is 10.6 Å². The molecule has 1 saturated heterocycles. The van der Waals surface area contributed by atoms with Gasteiger partial charge in [0.15, 0.2) is 11.8 Å². The van der Waals surface area contributed by atoms with E-state index in [2.05, 4.69) is 53.4 Å². The first kappa shape index (κ1) is 23.0. The van der Waals surface area contributed by atoms with Crippen LogP contribution in [-0.4, -0.2) is 66.9 Å². The number of aliphatic imine (C=N–C) groups is 1. The molecule has 30 heavy (non-hydrogen) atoms. The van der Waals surface area contributed by atoms with Crippen LogP contribution in [0, 0.1) is 5.41 Å². The lowest BCUT2D eigenvalue weighted by molar-refractivity contribution is 0.00820. The second kappa shape index (κ2) is 10.6. The van der Waals surface area contributed by atoms with Crippen LogP contribution in [-0.2, 0) is 16.7 Å². The van der Waals surface area contributed by atoms with Crippen molar-refractivity contribution in [1.82, 2.24) is 25.7 Å². The molecule has 1 aromatic rings. The Morgan fingerprint density at radius 1 is 1.13 bits per heavy atom. The van der Waals surface area contributed by atoms with Crippen LogP contribution in [0.4, 0.5) is 0 Å². The summed E-state index contributed by atoms with van der Waals surface area (Å²) in [4.78, 5) is 11.8. The smallest absolute Gasteiger partial charge is 0.232 e. The lowest BCUT2D eigenvalue weighted by Gasteiger charge is -2.42. The topological polar surface area (TPSA) is 87.8 Å². The number of hydrogen-bond donors (Lipinski definition) is 2. The summed E-state index contributed by atoms with van der Waals surface area (Å²) in [5.74, 6) is 2.10.